The Morgan fingerprint density at radius 1 is 1.46 bits per heavy atom. The van der Waals surface area contributed by atoms with Crippen molar-refractivity contribution in [3.05, 3.63) is 29.8 Å². The van der Waals surface area contributed by atoms with Crippen LogP contribution in [0.1, 0.15) is 5.56 Å². The van der Waals surface area contributed by atoms with Gasteiger partial charge >= 0.3 is 0 Å². The highest BCUT2D eigenvalue weighted by atomic mass is 16.3. The third-order valence-electron chi connectivity index (χ3n) is 1.82. The molecular weight excluding hydrogens is 168 g/mol. The van der Waals surface area contributed by atoms with Gasteiger partial charge < -0.3 is 16.6 Å². The van der Waals surface area contributed by atoms with Crippen LogP contribution in [0.2, 0.25) is 0 Å². The molecule has 13 heavy (non-hydrogen) atoms. The maximum absolute atomic E-state index is 10.7. The Labute approximate surface area is 76.2 Å². The summed E-state index contributed by atoms with van der Waals surface area (Å²) >= 11 is 0. The second-order valence-corrected chi connectivity index (χ2v) is 2.97. The molecule has 0 saturated carbocycles. The number of carbonyl (C=O) groups is 1. The van der Waals surface area contributed by atoms with Gasteiger partial charge in [0.15, 0.2) is 6.04 Å². The fraction of sp³-hybridized carbons (Fsp3) is 0.222. The highest BCUT2D eigenvalue weighted by molar-refractivity contribution is 5.78. The monoisotopic (exact) mass is 181 g/mol. The van der Waals surface area contributed by atoms with E-state index in [0.29, 0.717) is 6.42 Å². The molecule has 70 valence electrons. The third kappa shape index (κ3) is 2.76. The molecule has 0 unspecified atom stereocenters. The van der Waals surface area contributed by atoms with E-state index in [9.17, 15) is 4.79 Å². The fourth-order valence-electron chi connectivity index (χ4n) is 1.02. The molecule has 1 aromatic carbocycles. The van der Waals surface area contributed by atoms with E-state index >= 15 is 0 Å². The first kappa shape index (κ1) is 9.54. The molecule has 0 heterocycles. The SMILES string of the molecule is NC(=O)[C@@H]([NH3+])Cc1ccc(O)cc1. The minimum atomic E-state index is -0.412. The van der Waals surface area contributed by atoms with Crippen LogP contribution in [0.15, 0.2) is 24.3 Å². The number of aromatic hydroxyl groups is 1. The van der Waals surface area contributed by atoms with Crippen LogP contribution in [0.25, 0.3) is 0 Å². The summed E-state index contributed by atoms with van der Waals surface area (Å²) in [6.07, 6.45) is 0.510. The first-order chi connectivity index (χ1) is 6.09. The molecule has 1 atom stereocenters. The fourth-order valence-corrected chi connectivity index (χ4v) is 1.02. The van der Waals surface area contributed by atoms with E-state index in [1.165, 1.54) is 0 Å². The Kier molecular flexibility index (Phi) is 2.87. The average Bonchev–Trinajstić information content (AvgIpc) is 2.08. The lowest BCUT2D eigenvalue weighted by molar-refractivity contribution is -0.402. The zero-order valence-electron chi connectivity index (χ0n) is 7.23. The van der Waals surface area contributed by atoms with E-state index in [0.717, 1.165) is 5.56 Å². The lowest BCUT2D eigenvalue weighted by atomic mass is 10.1. The van der Waals surface area contributed by atoms with Crippen molar-refractivity contribution in [1.82, 2.24) is 0 Å². The van der Waals surface area contributed by atoms with Crippen molar-refractivity contribution in [2.45, 2.75) is 12.5 Å². The Hall–Kier alpha value is -1.55. The maximum Gasteiger partial charge on any atom is 0.275 e. The van der Waals surface area contributed by atoms with Gasteiger partial charge in [0.2, 0.25) is 0 Å². The van der Waals surface area contributed by atoms with Gasteiger partial charge in [-0.15, -0.1) is 0 Å². The van der Waals surface area contributed by atoms with Crippen LogP contribution >= 0.6 is 0 Å². The van der Waals surface area contributed by atoms with Crippen LogP contribution in [0.5, 0.6) is 5.75 Å². The molecule has 4 heteroatoms. The van der Waals surface area contributed by atoms with Gasteiger partial charge in [0.25, 0.3) is 5.91 Å². The molecule has 1 rings (SSSR count). The van der Waals surface area contributed by atoms with E-state index < -0.39 is 11.9 Å². The van der Waals surface area contributed by atoms with Gasteiger partial charge in [0.1, 0.15) is 5.75 Å². The molecule has 0 fully saturated rings. The van der Waals surface area contributed by atoms with Crippen molar-refractivity contribution in [1.29, 1.82) is 0 Å². The van der Waals surface area contributed by atoms with Gasteiger partial charge in [-0.2, -0.15) is 0 Å². The molecule has 0 saturated heterocycles. The number of amides is 1. The minimum absolute atomic E-state index is 0.212. The number of hydrogen-bond acceptors (Lipinski definition) is 2. The minimum Gasteiger partial charge on any atom is -0.508 e. The highest BCUT2D eigenvalue weighted by Crippen LogP contribution is 2.10. The second-order valence-electron chi connectivity index (χ2n) is 2.97. The summed E-state index contributed by atoms with van der Waals surface area (Å²) in [6, 6.07) is 6.23. The normalized spacial score (nSPS) is 12.4. The number of carbonyl (C=O) groups excluding carboxylic acids is 1. The third-order valence-corrected chi connectivity index (χ3v) is 1.82. The summed E-state index contributed by atoms with van der Waals surface area (Å²) in [7, 11) is 0. The zero-order chi connectivity index (χ0) is 9.84. The highest BCUT2D eigenvalue weighted by Gasteiger charge is 2.13. The van der Waals surface area contributed by atoms with E-state index in [2.05, 4.69) is 5.73 Å². The van der Waals surface area contributed by atoms with Gasteiger partial charge in [-0.1, -0.05) is 12.1 Å². The van der Waals surface area contributed by atoms with Gasteiger partial charge in [0.05, 0.1) is 0 Å². The molecule has 4 nitrogen and oxygen atoms in total. The second kappa shape index (κ2) is 3.91. The number of benzene rings is 1. The van der Waals surface area contributed by atoms with E-state index in [1.807, 2.05) is 0 Å². The van der Waals surface area contributed by atoms with E-state index in [-0.39, 0.29) is 5.75 Å². The van der Waals surface area contributed by atoms with Crippen LogP contribution in [0.4, 0.5) is 0 Å². The summed E-state index contributed by atoms with van der Waals surface area (Å²) < 4.78 is 0. The summed E-state index contributed by atoms with van der Waals surface area (Å²) in [5.41, 5.74) is 9.62. The largest absolute Gasteiger partial charge is 0.508 e. The number of quaternary nitrogens is 1. The number of nitrogens with two attached hydrogens (primary N) is 1. The number of phenolic OH excluding ortho intramolecular Hbond substituents is 1. The van der Waals surface area contributed by atoms with E-state index in [4.69, 9.17) is 10.8 Å². The molecule has 0 aromatic heterocycles. The predicted molar refractivity (Wildman–Crippen MR) is 47.7 cm³/mol. The first-order valence-corrected chi connectivity index (χ1v) is 4.00. The number of primary amides is 1. The average molecular weight is 181 g/mol. The molecule has 0 aliphatic heterocycles. The maximum atomic E-state index is 10.7. The topological polar surface area (TPSA) is 91.0 Å². The number of phenols is 1. The Bertz CT molecular complexity index is 295. The lowest BCUT2D eigenvalue weighted by Gasteiger charge is -2.03. The number of rotatable bonds is 3. The Morgan fingerprint density at radius 2 is 2.00 bits per heavy atom. The molecule has 6 N–H and O–H groups in total. The van der Waals surface area contributed by atoms with Gasteiger partial charge in [-0.3, -0.25) is 4.79 Å². The Balaban J connectivity index is 2.64. The standard InChI is InChI=1S/C9H12N2O2/c10-8(9(11)13)5-6-1-3-7(12)4-2-6/h1-4,8,12H,5,10H2,(H2,11,13)/p+1/t8-/m0/s1. The van der Waals surface area contributed by atoms with Crippen molar-refractivity contribution in [3.63, 3.8) is 0 Å². The Morgan fingerprint density at radius 3 is 2.46 bits per heavy atom. The molecule has 0 radical (unpaired) electrons. The molecule has 0 spiro atoms. The van der Waals surface area contributed by atoms with Crippen molar-refractivity contribution in [2.24, 2.45) is 5.73 Å². The van der Waals surface area contributed by atoms with Crippen molar-refractivity contribution < 1.29 is 15.6 Å². The van der Waals surface area contributed by atoms with Gasteiger partial charge in [0, 0.05) is 6.42 Å². The van der Waals surface area contributed by atoms with Crippen LogP contribution < -0.4 is 11.5 Å². The van der Waals surface area contributed by atoms with Crippen LogP contribution in [-0.2, 0) is 11.2 Å². The van der Waals surface area contributed by atoms with Gasteiger partial charge in [-0.05, 0) is 17.7 Å². The summed E-state index contributed by atoms with van der Waals surface area (Å²) in [5, 5.41) is 8.99. The van der Waals surface area contributed by atoms with Gasteiger partial charge in [-0.25, -0.2) is 0 Å². The van der Waals surface area contributed by atoms with Crippen LogP contribution in [-0.4, -0.2) is 17.1 Å². The van der Waals surface area contributed by atoms with Crippen LogP contribution in [0, 0.1) is 0 Å². The summed E-state index contributed by atoms with van der Waals surface area (Å²) in [6.45, 7) is 0. The smallest absolute Gasteiger partial charge is 0.275 e. The summed E-state index contributed by atoms with van der Waals surface area (Å²) in [5.74, 6) is -0.198. The van der Waals surface area contributed by atoms with Crippen LogP contribution in [0.3, 0.4) is 0 Å². The molecule has 0 aliphatic rings. The quantitative estimate of drug-likeness (QED) is 0.560. The zero-order valence-corrected chi connectivity index (χ0v) is 7.23. The molecular formula is C9H13N2O2+. The summed E-state index contributed by atoms with van der Waals surface area (Å²) in [4.78, 5) is 10.7. The van der Waals surface area contributed by atoms with Crippen molar-refractivity contribution in [2.75, 3.05) is 0 Å². The van der Waals surface area contributed by atoms with Crippen molar-refractivity contribution >= 4 is 5.91 Å². The van der Waals surface area contributed by atoms with E-state index in [1.54, 1.807) is 24.3 Å². The first-order valence-electron chi connectivity index (χ1n) is 4.00. The molecule has 1 amide bonds. The predicted octanol–water partition coefficient (Wildman–Crippen LogP) is -0.970. The molecule has 0 bridgehead atoms. The lowest BCUT2D eigenvalue weighted by Crippen LogP contribution is -2.67. The molecule has 1 aromatic rings. The number of hydrogen-bond donors (Lipinski definition) is 3. The molecule has 0 aliphatic carbocycles. The van der Waals surface area contributed by atoms with Crippen molar-refractivity contribution in [3.8, 4) is 5.75 Å².